The highest BCUT2D eigenvalue weighted by Crippen LogP contribution is 2.51. The van der Waals surface area contributed by atoms with E-state index in [0.29, 0.717) is 0 Å². The van der Waals surface area contributed by atoms with Crippen molar-refractivity contribution in [2.75, 3.05) is 0 Å². The molecule has 2 rings (SSSR count). The molecular weight excluding hydrogens is 395 g/mol. The smallest absolute Gasteiger partial charge is 0.305 e. The van der Waals surface area contributed by atoms with Crippen molar-refractivity contribution in [2.45, 2.75) is 84.8 Å². The zero-order valence-electron chi connectivity index (χ0n) is 19.2. The van der Waals surface area contributed by atoms with Crippen molar-refractivity contribution in [1.82, 2.24) is 0 Å². The molecule has 5 heteroatoms. The molecule has 2 atom stereocenters. The summed E-state index contributed by atoms with van der Waals surface area (Å²) in [6.45, 7) is 8.85. The molecule has 1 aromatic carbocycles. The summed E-state index contributed by atoms with van der Waals surface area (Å²) in [5.74, 6) is -1.36. The number of benzene rings is 1. The van der Waals surface area contributed by atoms with Gasteiger partial charge in [-0.2, -0.15) is 0 Å². The van der Waals surface area contributed by atoms with Gasteiger partial charge >= 0.3 is 5.97 Å². The third-order valence-corrected chi connectivity index (χ3v) is 6.99. The van der Waals surface area contributed by atoms with E-state index >= 15 is 0 Å². The fourth-order valence-electron chi connectivity index (χ4n) is 4.62. The molecular formula is C26H37FO4. The van der Waals surface area contributed by atoms with E-state index in [1.807, 2.05) is 18.2 Å². The summed E-state index contributed by atoms with van der Waals surface area (Å²) in [6, 6.07) is 6.61. The predicted molar refractivity (Wildman–Crippen MR) is 122 cm³/mol. The van der Waals surface area contributed by atoms with E-state index in [9.17, 15) is 19.4 Å². The summed E-state index contributed by atoms with van der Waals surface area (Å²) in [6.07, 6.45) is 6.20. The Morgan fingerprint density at radius 1 is 1.13 bits per heavy atom. The summed E-state index contributed by atoms with van der Waals surface area (Å²) in [4.78, 5) is 10.8. The summed E-state index contributed by atoms with van der Waals surface area (Å²) < 4.78 is 13.6. The first kappa shape index (κ1) is 25.3. The Balaban J connectivity index is 2.48. The van der Waals surface area contributed by atoms with Crippen molar-refractivity contribution in [3.8, 4) is 0 Å². The molecule has 0 spiro atoms. The van der Waals surface area contributed by atoms with Gasteiger partial charge in [0.1, 0.15) is 5.82 Å². The highest BCUT2D eigenvalue weighted by atomic mass is 19.1. The molecule has 0 aromatic heterocycles. The Bertz CT molecular complexity index is 803. The van der Waals surface area contributed by atoms with E-state index in [1.165, 1.54) is 17.7 Å². The predicted octanol–water partition coefficient (Wildman–Crippen LogP) is 5.74. The fourth-order valence-corrected chi connectivity index (χ4v) is 4.62. The van der Waals surface area contributed by atoms with Crippen LogP contribution in [0.3, 0.4) is 0 Å². The van der Waals surface area contributed by atoms with Crippen molar-refractivity contribution in [3.63, 3.8) is 0 Å². The SMILES string of the molecule is CCC1(CC)CCC(C)(C)C(C=CC(O)CC(O)CC(=O)O)=C(c2ccc(F)cc2)C1. The summed E-state index contributed by atoms with van der Waals surface area (Å²) >= 11 is 0. The Labute approximate surface area is 185 Å². The Hall–Kier alpha value is -1.98. The molecule has 0 saturated heterocycles. The first-order valence-electron chi connectivity index (χ1n) is 11.3. The molecule has 4 nitrogen and oxygen atoms in total. The molecule has 0 fully saturated rings. The van der Waals surface area contributed by atoms with Crippen molar-refractivity contribution in [2.24, 2.45) is 10.8 Å². The third-order valence-electron chi connectivity index (χ3n) is 6.99. The maximum atomic E-state index is 13.6. The normalized spacial score (nSPS) is 20.5. The number of allylic oxidation sites excluding steroid dienone is 3. The van der Waals surface area contributed by atoms with Gasteiger partial charge in [-0.25, -0.2) is 4.39 Å². The number of hydrogen-bond acceptors (Lipinski definition) is 3. The molecule has 0 saturated carbocycles. The van der Waals surface area contributed by atoms with Crippen LogP contribution in [0.5, 0.6) is 0 Å². The van der Waals surface area contributed by atoms with E-state index in [1.54, 1.807) is 6.08 Å². The number of carbonyl (C=O) groups is 1. The number of aliphatic hydroxyl groups is 2. The highest BCUT2D eigenvalue weighted by molar-refractivity contribution is 5.73. The summed E-state index contributed by atoms with van der Waals surface area (Å²) in [5.41, 5.74) is 3.29. The quantitative estimate of drug-likeness (QED) is 0.465. The Morgan fingerprint density at radius 3 is 2.29 bits per heavy atom. The van der Waals surface area contributed by atoms with Gasteiger partial charge in [0.05, 0.1) is 18.6 Å². The van der Waals surface area contributed by atoms with Crippen LogP contribution < -0.4 is 0 Å². The minimum Gasteiger partial charge on any atom is -0.481 e. The molecule has 0 aliphatic heterocycles. The highest BCUT2D eigenvalue weighted by Gasteiger charge is 2.37. The van der Waals surface area contributed by atoms with E-state index in [4.69, 9.17) is 5.11 Å². The third kappa shape index (κ3) is 6.75. The van der Waals surface area contributed by atoms with Crippen LogP contribution in [-0.4, -0.2) is 33.5 Å². The van der Waals surface area contributed by atoms with Crippen LogP contribution in [-0.2, 0) is 4.79 Å². The van der Waals surface area contributed by atoms with Crippen LogP contribution in [0.4, 0.5) is 4.39 Å². The number of halogens is 1. The topological polar surface area (TPSA) is 77.8 Å². The number of hydrogen-bond donors (Lipinski definition) is 3. The average Bonchev–Trinajstić information content (AvgIpc) is 2.80. The molecule has 1 aliphatic carbocycles. The number of carboxylic acid groups (broad SMARTS) is 1. The van der Waals surface area contributed by atoms with Gasteiger partial charge in [-0.05, 0) is 58.9 Å². The van der Waals surface area contributed by atoms with Crippen LogP contribution in [0.2, 0.25) is 0 Å². The largest absolute Gasteiger partial charge is 0.481 e. The van der Waals surface area contributed by atoms with Gasteiger partial charge < -0.3 is 15.3 Å². The second-order valence-corrected chi connectivity index (χ2v) is 9.58. The van der Waals surface area contributed by atoms with Gasteiger partial charge in [-0.1, -0.05) is 64.8 Å². The minimum absolute atomic E-state index is 0.0315. The lowest BCUT2D eigenvalue weighted by molar-refractivity contribution is -0.139. The number of carboxylic acids is 1. The van der Waals surface area contributed by atoms with Gasteiger partial charge in [0.25, 0.3) is 0 Å². The summed E-state index contributed by atoms with van der Waals surface area (Å²) in [7, 11) is 0. The molecule has 31 heavy (non-hydrogen) atoms. The molecule has 3 N–H and O–H groups in total. The second-order valence-electron chi connectivity index (χ2n) is 9.58. The Morgan fingerprint density at radius 2 is 1.74 bits per heavy atom. The maximum Gasteiger partial charge on any atom is 0.305 e. The lowest BCUT2D eigenvalue weighted by Crippen LogP contribution is -2.20. The van der Waals surface area contributed by atoms with E-state index < -0.39 is 24.6 Å². The van der Waals surface area contributed by atoms with Crippen molar-refractivity contribution in [3.05, 3.63) is 53.4 Å². The lowest BCUT2D eigenvalue weighted by Gasteiger charge is -2.32. The molecule has 0 amide bonds. The molecule has 1 aliphatic rings. The zero-order valence-corrected chi connectivity index (χ0v) is 19.2. The number of rotatable bonds is 9. The molecule has 0 bridgehead atoms. The van der Waals surface area contributed by atoms with Crippen LogP contribution in [0.1, 0.15) is 78.2 Å². The first-order chi connectivity index (χ1) is 14.5. The van der Waals surface area contributed by atoms with E-state index in [0.717, 1.165) is 43.2 Å². The van der Waals surface area contributed by atoms with Crippen LogP contribution in [0, 0.1) is 16.6 Å². The van der Waals surface area contributed by atoms with Gasteiger partial charge in [-0.15, -0.1) is 0 Å². The molecule has 1 aromatic rings. The zero-order chi connectivity index (χ0) is 23.2. The average molecular weight is 433 g/mol. The van der Waals surface area contributed by atoms with Gasteiger partial charge in [0, 0.05) is 6.42 Å². The van der Waals surface area contributed by atoms with Gasteiger partial charge in [0.2, 0.25) is 0 Å². The molecule has 0 radical (unpaired) electrons. The standard InChI is InChI=1S/C26H37FO4/c1-5-26(6-2)14-13-25(3,4)23(12-11-20(28)15-21(29)16-24(30)31)22(17-26)18-7-9-19(27)10-8-18/h7-12,20-21,28-29H,5-6,13-17H2,1-4H3,(H,30,31). The monoisotopic (exact) mass is 432 g/mol. The minimum atomic E-state index is -1.10. The van der Waals surface area contributed by atoms with Crippen LogP contribution in [0.25, 0.3) is 5.57 Å². The summed E-state index contributed by atoms with van der Waals surface area (Å²) in [5, 5.41) is 29.0. The van der Waals surface area contributed by atoms with Gasteiger partial charge in [0.15, 0.2) is 0 Å². The Kier molecular flexibility index (Phi) is 8.61. The lowest BCUT2D eigenvalue weighted by atomic mass is 9.73. The van der Waals surface area contributed by atoms with Gasteiger partial charge in [-0.3, -0.25) is 4.79 Å². The maximum absolute atomic E-state index is 13.6. The van der Waals surface area contributed by atoms with Crippen molar-refractivity contribution < 1.29 is 24.5 Å². The second kappa shape index (κ2) is 10.6. The fraction of sp³-hybridized carbons (Fsp3) is 0.577. The number of aliphatic hydroxyl groups excluding tert-OH is 2. The molecule has 172 valence electrons. The van der Waals surface area contributed by atoms with Crippen LogP contribution in [0.15, 0.2) is 42.0 Å². The van der Waals surface area contributed by atoms with Crippen molar-refractivity contribution >= 4 is 11.5 Å². The molecule has 2 unspecified atom stereocenters. The van der Waals surface area contributed by atoms with Crippen molar-refractivity contribution in [1.29, 1.82) is 0 Å². The van der Waals surface area contributed by atoms with Crippen LogP contribution >= 0.6 is 0 Å². The molecule has 0 heterocycles. The van der Waals surface area contributed by atoms with E-state index in [-0.39, 0.29) is 23.1 Å². The van der Waals surface area contributed by atoms with E-state index in [2.05, 4.69) is 27.7 Å². The number of aliphatic carboxylic acids is 1. The first-order valence-corrected chi connectivity index (χ1v) is 11.3.